The van der Waals surface area contributed by atoms with Crippen LogP contribution in [0, 0.1) is 0 Å². The van der Waals surface area contributed by atoms with Gasteiger partial charge in [-0.2, -0.15) is 0 Å². The molecule has 140 valence electrons. The van der Waals surface area contributed by atoms with Crippen molar-refractivity contribution in [3.05, 3.63) is 0 Å². The number of unbranched alkanes of at least 4 members (excludes halogenated alkanes) is 2. The minimum Gasteiger partial charge on any atom is -0.469 e. The molecule has 1 aliphatic rings. The van der Waals surface area contributed by atoms with Crippen LogP contribution >= 0.6 is 0 Å². The van der Waals surface area contributed by atoms with Gasteiger partial charge < -0.3 is 20.1 Å². The van der Waals surface area contributed by atoms with E-state index in [0.29, 0.717) is 12.5 Å². The van der Waals surface area contributed by atoms with E-state index in [1.54, 1.807) is 7.05 Å². The first kappa shape index (κ1) is 20.7. The minimum absolute atomic E-state index is 0.130. The predicted molar refractivity (Wildman–Crippen MR) is 97.3 cm³/mol. The lowest BCUT2D eigenvalue weighted by Crippen LogP contribution is -2.39. The molecule has 0 amide bonds. The molecular formula is C18H35N3O3. The van der Waals surface area contributed by atoms with Gasteiger partial charge in [-0.15, -0.1) is 0 Å². The molecule has 0 saturated heterocycles. The van der Waals surface area contributed by atoms with Crippen LogP contribution in [0.5, 0.6) is 0 Å². The van der Waals surface area contributed by atoms with Crippen molar-refractivity contribution >= 4 is 11.9 Å². The second-order valence-corrected chi connectivity index (χ2v) is 6.30. The number of hydrogen-bond donors (Lipinski definition) is 2. The summed E-state index contributed by atoms with van der Waals surface area (Å²) in [5.74, 6) is 0.682. The van der Waals surface area contributed by atoms with Gasteiger partial charge in [-0.1, -0.05) is 32.1 Å². The van der Waals surface area contributed by atoms with Crippen LogP contribution in [0.25, 0.3) is 0 Å². The van der Waals surface area contributed by atoms with Crippen molar-refractivity contribution in [1.29, 1.82) is 0 Å². The second-order valence-electron chi connectivity index (χ2n) is 6.30. The van der Waals surface area contributed by atoms with Gasteiger partial charge in [0.25, 0.3) is 0 Å². The van der Waals surface area contributed by atoms with E-state index in [-0.39, 0.29) is 5.97 Å². The smallest absolute Gasteiger partial charge is 0.305 e. The Bertz CT molecular complexity index is 353. The number of carbonyl (C=O) groups is 1. The number of guanidine groups is 1. The molecule has 0 aliphatic heterocycles. The number of methoxy groups -OCH3 is 1. The monoisotopic (exact) mass is 341 g/mol. The van der Waals surface area contributed by atoms with Crippen molar-refractivity contribution in [2.24, 2.45) is 4.99 Å². The third-order valence-corrected chi connectivity index (χ3v) is 4.35. The van der Waals surface area contributed by atoms with Crippen LogP contribution in [0.2, 0.25) is 0 Å². The molecule has 1 rings (SSSR count). The van der Waals surface area contributed by atoms with Crippen LogP contribution in [0.1, 0.15) is 64.2 Å². The molecule has 0 atom stereocenters. The van der Waals surface area contributed by atoms with Crippen molar-refractivity contribution in [1.82, 2.24) is 10.6 Å². The first-order chi connectivity index (χ1) is 11.8. The van der Waals surface area contributed by atoms with Crippen molar-refractivity contribution in [2.45, 2.75) is 70.3 Å². The Labute approximate surface area is 146 Å². The minimum atomic E-state index is -0.130. The van der Waals surface area contributed by atoms with Gasteiger partial charge in [0.1, 0.15) is 0 Å². The average molecular weight is 341 g/mol. The first-order valence-corrected chi connectivity index (χ1v) is 9.39. The zero-order valence-electron chi connectivity index (χ0n) is 15.4. The maximum atomic E-state index is 11.0. The maximum Gasteiger partial charge on any atom is 0.305 e. The highest BCUT2D eigenvalue weighted by Gasteiger charge is 2.12. The van der Waals surface area contributed by atoms with Crippen molar-refractivity contribution in [3.8, 4) is 0 Å². The highest BCUT2D eigenvalue weighted by molar-refractivity contribution is 5.79. The third kappa shape index (κ3) is 10.5. The van der Waals surface area contributed by atoms with Crippen LogP contribution < -0.4 is 10.6 Å². The Morgan fingerprint density at radius 1 is 1.04 bits per heavy atom. The van der Waals surface area contributed by atoms with E-state index in [0.717, 1.165) is 44.9 Å². The Kier molecular flexibility index (Phi) is 12.2. The molecule has 0 bridgehead atoms. The number of rotatable bonds is 10. The van der Waals surface area contributed by atoms with Crippen LogP contribution in [0.3, 0.4) is 0 Å². The number of nitrogens with zero attached hydrogens (tertiary/aromatic N) is 1. The predicted octanol–water partition coefficient (Wildman–Crippen LogP) is 2.62. The number of carbonyl (C=O) groups excluding carboxylic acids is 1. The summed E-state index contributed by atoms with van der Waals surface area (Å²) in [5.41, 5.74) is 0. The van der Waals surface area contributed by atoms with Crippen LogP contribution in [0.15, 0.2) is 4.99 Å². The molecule has 0 spiro atoms. The fourth-order valence-electron chi connectivity index (χ4n) is 2.90. The largest absolute Gasteiger partial charge is 0.469 e. The van der Waals surface area contributed by atoms with E-state index < -0.39 is 0 Å². The van der Waals surface area contributed by atoms with Crippen molar-refractivity contribution in [3.63, 3.8) is 0 Å². The molecule has 6 heteroatoms. The molecule has 1 fully saturated rings. The van der Waals surface area contributed by atoms with Crippen LogP contribution in [0.4, 0.5) is 0 Å². The van der Waals surface area contributed by atoms with Gasteiger partial charge in [0, 0.05) is 26.6 Å². The summed E-state index contributed by atoms with van der Waals surface area (Å²) in [6, 6.07) is 0. The molecule has 1 saturated carbocycles. The molecule has 0 aromatic heterocycles. The van der Waals surface area contributed by atoms with E-state index in [1.807, 2.05) is 0 Å². The number of ether oxygens (including phenoxy) is 2. The molecule has 6 nitrogen and oxygen atoms in total. The Balaban J connectivity index is 1.99. The van der Waals surface area contributed by atoms with Gasteiger partial charge in [0.05, 0.1) is 19.8 Å². The number of aliphatic imine (C=N–C) groups is 1. The number of esters is 1. The number of nitrogens with one attached hydrogen (secondary N) is 2. The van der Waals surface area contributed by atoms with Gasteiger partial charge in [0.15, 0.2) is 5.96 Å². The topological polar surface area (TPSA) is 72.0 Å². The van der Waals surface area contributed by atoms with Crippen molar-refractivity contribution < 1.29 is 14.3 Å². The molecule has 2 N–H and O–H groups in total. The Morgan fingerprint density at radius 3 is 2.42 bits per heavy atom. The summed E-state index contributed by atoms with van der Waals surface area (Å²) in [5, 5.41) is 6.57. The first-order valence-electron chi connectivity index (χ1n) is 9.39. The molecule has 0 unspecified atom stereocenters. The van der Waals surface area contributed by atoms with E-state index in [2.05, 4.69) is 20.4 Å². The quantitative estimate of drug-likeness (QED) is 0.210. The SMILES string of the molecule is CN=C(NCCCCCC(=O)OC)NCCOC1CCCCCC1. The lowest BCUT2D eigenvalue weighted by Gasteiger charge is -2.16. The fourth-order valence-corrected chi connectivity index (χ4v) is 2.90. The van der Waals surface area contributed by atoms with Gasteiger partial charge in [-0.05, 0) is 25.7 Å². The normalized spacial score (nSPS) is 16.5. The lowest BCUT2D eigenvalue weighted by molar-refractivity contribution is -0.140. The van der Waals surface area contributed by atoms with E-state index >= 15 is 0 Å². The van der Waals surface area contributed by atoms with Crippen LogP contribution in [-0.2, 0) is 14.3 Å². The second kappa shape index (κ2) is 14.1. The van der Waals surface area contributed by atoms with Gasteiger partial charge >= 0.3 is 5.97 Å². The standard InChI is InChI=1S/C18H35N3O3/c1-19-18(20-13-9-5-8-12-17(22)23-2)21-14-15-24-16-10-6-3-4-7-11-16/h16H,3-15H2,1-2H3,(H2,19,20,21). The van der Waals surface area contributed by atoms with E-state index in [9.17, 15) is 4.79 Å². The fraction of sp³-hybridized carbons (Fsp3) is 0.889. The summed E-state index contributed by atoms with van der Waals surface area (Å²) in [6.07, 6.45) is 11.6. The molecule has 0 heterocycles. The highest BCUT2D eigenvalue weighted by Crippen LogP contribution is 2.19. The molecule has 0 radical (unpaired) electrons. The van der Waals surface area contributed by atoms with E-state index in [1.165, 1.54) is 45.6 Å². The lowest BCUT2D eigenvalue weighted by atomic mass is 10.1. The van der Waals surface area contributed by atoms with E-state index in [4.69, 9.17) is 4.74 Å². The molecule has 0 aromatic rings. The summed E-state index contributed by atoms with van der Waals surface area (Å²) < 4.78 is 10.6. The summed E-state index contributed by atoms with van der Waals surface area (Å²) in [6.45, 7) is 2.35. The zero-order valence-corrected chi connectivity index (χ0v) is 15.4. The zero-order chi connectivity index (χ0) is 17.5. The molecule has 24 heavy (non-hydrogen) atoms. The Hall–Kier alpha value is -1.30. The maximum absolute atomic E-state index is 11.0. The molecule has 0 aromatic carbocycles. The number of hydrogen-bond acceptors (Lipinski definition) is 4. The average Bonchev–Trinajstić information content (AvgIpc) is 2.88. The summed E-state index contributed by atoms with van der Waals surface area (Å²) >= 11 is 0. The summed E-state index contributed by atoms with van der Waals surface area (Å²) in [4.78, 5) is 15.2. The third-order valence-electron chi connectivity index (χ3n) is 4.35. The van der Waals surface area contributed by atoms with Gasteiger partial charge in [0.2, 0.25) is 0 Å². The summed E-state index contributed by atoms with van der Waals surface area (Å²) in [7, 11) is 3.21. The Morgan fingerprint density at radius 2 is 1.75 bits per heavy atom. The van der Waals surface area contributed by atoms with Gasteiger partial charge in [-0.3, -0.25) is 9.79 Å². The van der Waals surface area contributed by atoms with Crippen LogP contribution in [-0.4, -0.2) is 51.9 Å². The molecule has 1 aliphatic carbocycles. The molecular weight excluding hydrogens is 306 g/mol. The highest BCUT2D eigenvalue weighted by atomic mass is 16.5. The van der Waals surface area contributed by atoms with Gasteiger partial charge in [-0.25, -0.2) is 0 Å². The van der Waals surface area contributed by atoms with Crippen molar-refractivity contribution in [2.75, 3.05) is 33.9 Å².